The molecule has 7 nitrogen and oxygen atoms in total. The summed E-state index contributed by atoms with van der Waals surface area (Å²) in [6.45, 7) is 0.0461. The van der Waals surface area contributed by atoms with Gasteiger partial charge in [0.2, 0.25) is 5.91 Å². The number of hydrogen-bond acceptors (Lipinski definition) is 4. The fourth-order valence-corrected chi connectivity index (χ4v) is 3.05. The molecule has 8 heteroatoms. The monoisotopic (exact) mass is 408 g/mol. The highest BCUT2D eigenvalue weighted by Gasteiger charge is 2.26. The van der Waals surface area contributed by atoms with Crippen LogP contribution in [0.2, 0.25) is 0 Å². The Kier molecular flexibility index (Phi) is 5.47. The van der Waals surface area contributed by atoms with E-state index in [1.165, 1.54) is 12.1 Å². The van der Waals surface area contributed by atoms with Gasteiger partial charge in [-0.05, 0) is 48.7 Å². The lowest BCUT2D eigenvalue weighted by Crippen LogP contribution is -2.26. The molecule has 1 aromatic heterocycles. The predicted octanol–water partition coefficient (Wildman–Crippen LogP) is 3.02. The smallest absolute Gasteiger partial charge is 0.255 e. The summed E-state index contributed by atoms with van der Waals surface area (Å²) in [4.78, 5) is 23.9. The van der Waals surface area contributed by atoms with Gasteiger partial charge in [-0.15, -0.1) is 0 Å². The normalized spacial score (nSPS) is 13.6. The van der Waals surface area contributed by atoms with Gasteiger partial charge in [0.05, 0.1) is 35.2 Å². The molecule has 3 aromatic rings. The van der Waals surface area contributed by atoms with Crippen molar-refractivity contribution in [2.24, 2.45) is 5.73 Å². The fourth-order valence-electron chi connectivity index (χ4n) is 3.05. The van der Waals surface area contributed by atoms with Gasteiger partial charge >= 0.3 is 0 Å². The number of primary amides is 1. The molecule has 0 bridgehead atoms. The van der Waals surface area contributed by atoms with Crippen LogP contribution in [0.15, 0.2) is 36.4 Å². The first kappa shape index (κ1) is 19.6. The number of hydrogen-bond donors (Lipinski definition) is 3. The number of H-pyrrole nitrogens is 1. The van der Waals surface area contributed by atoms with E-state index in [0.717, 1.165) is 18.4 Å². The van der Waals surface area contributed by atoms with Crippen LogP contribution in [0.25, 0.3) is 23.1 Å². The van der Waals surface area contributed by atoms with Gasteiger partial charge in [-0.25, -0.2) is 4.39 Å². The number of ether oxygens (including phenoxy) is 1. The summed E-state index contributed by atoms with van der Waals surface area (Å²) in [6, 6.07) is 9.66. The molecule has 154 valence electrons. The number of carbonyl (C=O) groups is 2. The lowest BCUT2D eigenvalue weighted by Gasteiger charge is -2.13. The number of halogens is 1. The van der Waals surface area contributed by atoms with Gasteiger partial charge in [0.25, 0.3) is 5.91 Å². The van der Waals surface area contributed by atoms with Gasteiger partial charge in [0, 0.05) is 6.04 Å². The third kappa shape index (κ3) is 4.48. The van der Waals surface area contributed by atoms with Crippen LogP contribution in [0.4, 0.5) is 4.39 Å². The Bertz CT molecular complexity index is 1120. The van der Waals surface area contributed by atoms with E-state index in [9.17, 15) is 14.0 Å². The van der Waals surface area contributed by atoms with E-state index in [1.807, 2.05) is 0 Å². The Labute approximate surface area is 172 Å². The second kappa shape index (κ2) is 8.36. The third-order valence-electron chi connectivity index (χ3n) is 4.77. The summed E-state index contributed by atoms with van der Waals surface area (Å²) in [5, 5.41) is 10.8. The maximum Gasteiger partial charge on any atom is 0.255 e. The Morgan fingerprint density at radius 1 is 1.20 bits per heavy atom. The highest BCUT2D eigenvalue weighted by Crippen LogP contribution is 2.33. The van der Waals surface area contributed by atoms with Gasteiger partial charge in [-0.1, -0.05) is 18.2 Å². The highest BCUT2D eigenvalue weighted by atomic mass is 19.1. The Morgan fingerprint density at radius 3 is 2.67 bits per heavy atom. The van der Waals surface area contributed by atoms with Crippen LogP contribution in [-0.4, -0.2) is 34.7 Å². The Balaban J connectivity index is 1.71. The predicted molar refractivity (Wildman–Crippen MR) is 111 cm³/mol. The quantitative estimate of drug-likeness (QED) is 0.532. The van der Waals surface area contributed by atoms with E-state index in [2.05, 4.69) is 15.5 Å². The molecule has 1 heterocycles. The zero-order chi connectivity index (χ0) is 21.1. The summed E-state index contributed by atoms with van der Waals surface area (Å²) >= 11 is 0. The van der Waals surface area contributed by atoms with Gasteiger partial charge < -0.3 is 15.8 Å². The van der Waals surface area contributed by atoms with Crippen LogP contribution >= 0.6 is 0 Å². The minimum absolute atomic E-state index is 0.0265. The molecule has 0 spiro atoms. The van der Waals surface area contributed by atoms with Crippen molar-refractivity contribution in [3.8, 4) is 5.75 Å². The number of nitrogens with zero attached hydrogens (tertiary/aromatic N) is 1. The second-order valence-corrected chi connectivity index (χ2v) is 7.17. The molecule has 0 aliphatic heterocycles. The van der Waals surface area contributed by atoms with Gasteiger partial charge in [-0.2, -0.15) is 5.10 Å². The lowest BCUT2D eigenvalue weighted by atomic mass is 10.1. The Hall–Kier alpha value is -3.68. The first-order chi connectivity index (χ1) is 14.5. The molecular weight excluding hydrogens is 387 g/mol. The molecule has 0 saturated heterocycles. The van der Waals surface area contributed by atoms with Crippen LogP contribution in [0.1, 0.15) is 40.9 Å². The SMILES string of the molecule is NC(=O)CCOc1c(C(=O)NC2CC2)ccc2n[nH]c(/C=C/c3ccc(F)cc3)c12. The van der Waals surface area contributed by atoms with Gasteiger partial charge in [0.1, 0.15) is 11.6 Å². The van der Waals surface area contributed by atoms with Crippen molar-refractivity contribution in [2.75, 3.05) is 6.61 Å². The molecule has 0 unspecified atom stereocenters. The molecule has 4 N–H and O–H groups in total. The van der Waals surface area contributed by atoms with Crippen molar-refractivity contribution in [1.82, 2.24) is 15.5 Å². The molecule has 0 atom stereocenters. The Morgan fingerprint density at radius 2 is 1.97 bits per heavy atom. The molecule has 1 saturated carbocycles. The molecule has 1 fully saturated rings. The maximum absolute atomic E-state index is 13.1. The molecular formula is C22H21FN4O3. The first-order valence-corrected chi connectivity index (χ1v) is 9.68. The van der Waals surface area contributed by atoms with Crippen LogP contribution in [0, 0.1) is 5.82 Å². The summed E-state index contributed by atoms with van der Waals surface area (Å²) in [7, 11) is 0. The van der Waals surface area contributed by atoms with E-state index in [1.54, 1.807) is 36.4 Å². The van der Waals surface area contributed by atoms with Crippen molar-refractivity contribution in [3.63, 3.8) is 0 Å². The second-order valence-electron chi connectivity index (χ2n) is 7.17. The minimum Gasteiger partial charge on any atom is -0.491 e. The topological polar surface area (TPSA) is 110 Å². The number of benzene rings is 2. The van der Waals surface area contributed by atoms with E-state index < -0.39 is 5.91 Å². The zero-order valence-corrected chi connectivity index (χ0v) is 16.2. The molecule has 30 heavy (non-hydrogen) atoms. The molecule has 1 aliphatic rings. The van der Waals surface area contributed by atoms with Gasteiger partial charge in [0.15, 0.2) is 0 Å². The highest BCUT2D eigenvalue weighted by molar-refractivity contribution is 6.05. The van der Waals surface area contributed by atoms with Crippen molar-refractivity contribution >= 4 is 34.9 Å². The van der Waals surface area contributed by atoms with Crippen LogP contribution in [0.3, 0.4) is 0 Å². The number of nitrogens with two attached hydrogens (primary N) is 1. The number of fused-ring (bicyclic) bond motifs is 1. The summed E-state index contributed by atoms with van der Waals surface area (Å²) < 4.78 is 19.0. The average Bonchev–Trinajstić information content (AvgIpc) is 3.44. The standard InChI is InChI=1S/C22H21FN4O3/c23-14-4-1-13(2-5-14)3-9-17-20-18(27-26-17)10-8-16(22(29)25-15-6-7-15)21(20)30-12-11-19(24)28/h1-5,8-10,15H,6-7,11-12H2,(H2,24,28)(H,25,29)(H,26,27)/b9-3+. The number of nitrogens with one attached hydrogen (secondary N) is 2. The van der Waals surface area contributed by atoms with Gasteiger partial charge in [-0.3, -0.25) is 14.7 Å². The third-order valence-corrected chi connectivity index (χ3v) is 4.77. The fraction of sp³-hybridized carbons (Fsp3) is 0.227. The van der Waals surface area contributed by atoms with E-state index in [4.69, 9.17) is 10.5 Å². The zero-order valence-electron chi connectivity index (χ0n) is 16.2. The number of rotatable bonds is 8. The number of carbonyl (C=O) groups excluding carboxylic acids is 2. The molecule has 4 rings (SSSR count). The number of aromatic nitrogens is 2. The van der Waals surface area contributed by atoms with E-state index >= 15 is 0 Å². The number of aromatic amines is 1. The largest absolute Gasteiger partial charge is 0.491 e. The van der Waals surface area contributed by atoms with Crippen molar-refractivity contribution < 1.29 is 18.7 Å². The summed E-state index contributed by atoms with van der Waals surface area (Å²) in [5.74, 6) is -0.687. The lowest BCUT2D eigenvalue weighted by molar-refractivity contribution is -0.118. The maximum atomic E-state index is 13.1. The molecule has 1 aliphatic carbocycles. The minimum atomic E-state index is -0.491. The van der Waals surface area contributed by atoms with Crippen molar-refractivity contribution in [1.29, 1.82) is 0 Å². The van der Waals surface area contributed by atoms with Crippen molar-refractivity contribution in [3.05, 3.63) is 59.0 Å². The molecule has 2 aromatic carbocycles. The van der Waals surface area contributed by atoms with E-state index in [-0.39, 0.29) is 30.8 Å². The summed E-state index contributed by atoms with van der Waals surface area (Å²) in [6.07, 6.45) is 5.54. The van der Waals surface area contributed by atoms with Crippen LogP contribution in [0.5, 0.6) is 5.75 Å². The van der Waals surface area contributed by atoms with Crippen molar-refractivity contribution in [2.45, 2.75) is 25.3 Å². The van der Waals surface area contributed by atoms with Crippen LogP contribution < -0.4 is 15.8 Å². The number of amides is 2. The van der Waals surface area contributed by atoms with E-state index in [0.29, 0.717) is 27.9 Å². The summed E-state index contributed by atoms with van der Waals surface area (Å²) in [5.41, 5.74) is 7.64. The average molecular weight is 408 g/mol. The molecule has 2 amide bonds. The molecule has 0 radical (unpaired) electrons. The van der Waals surface area contributed by atoms with Crippen LogP contribution in [-0.2, 0) is 4.79 Å². The first-order valence-electron chi connectivity index (χ1n) is 9.68.